The maximum Gasteiger partial charge on any atom is 0.252 e. The Hall–Kier alpha value is -2.98. The van der Waals surface area contributed by atoms with Crippen molar-refractivity contribution in [1.82, 2.24) is 9.88 Å². The second-order valence-corrected chi connectivity index (χ2v) is 7.11. The van der Waals surface area contributed by atoms with Gasteiger partial charge in [-0.1, -0.05) is 54.6 Å². The average molecular weight is 372 g/mol. The third kappa shape index (κ3) is 4.46. The molecule has 2 aromatic carbocycles. The number of hydrogen-bond acceptors (Lipinski definition) is 3. The third-order valence-corrected chi connectivity index (χ3v) is 5.07. The van der Waals surface area contributed by atoms with Gasteiger partial charge in [-0.15, -0.1) is 0 Å². The van der Waals surface area contributed by atoms with Gasteiger partial charge in [0.25, 0.3) is 5.91 Å². The summed E-state index contributed by atoms with van der Waals surface area (Å²) in [6.07, 6.45) is 4.96. The molecule has 2 heterocycles. The maximum atomic E-state index is 13.0. The normalized spacial score (nSPS) is 16.1. The van der Waals surface area contributed by atoms with Crippen molar-refractivity contribution in [3.63, 3.8) is 0 Å². The van der Waals surface area contributed by atoms with Crippen molar-refractivity contribution < 1.29 is 9.53 Å². The minimum absolute atomic E-state index is 0.0708. The summed E-state index contributed by atoms with van der Waals surface area (Å²) in [7, 11) is 0. The molecule has 0 bridgehead atoms. The molecule has 28 heavy (non-hydrogen) atoms. The van der Waals surface area contributed by atoms with Gasteiger partial charge in [-0.3, -0.25) is 9.78 Å². The van der Waals surface area contributed by atoms with E-state index >= 15 is 0 Å². The molecule has 0 spiro atoms. The number of carbonyl (C=O) groups is 1. The predicted octanol–water partition coefficient (Wildman–Crippen LogP) is 4.46. The zero-order valence-electron chi connectivity index (χ0n) is 15.8. The second-order valence-electron chi connectivity index (χ2n) is 7.11. The van der Waals surface area contributed by atoms with Crippen LogP contribution in [0.5, 0.6) is 0 Å². The number of amides is 1. The Morgan fingerprint density at radius 3 is 2.18 bits per heavy atom. The minimum atomic E-state index is -0.314. The van der Waals surface area contributed by atoms with Crippen LogP contribution in [0.1, 0.15) is 24.0 Å². The van der Waals surface area contributed by atoms with Crippen molar-refractivity contribution in [3.05, 3.63) is 90.3 Å². The first-order valence-corrected chi connectivity index (χ1v) is 9.73. The fourth-order valence-electron chi connectivity index (χ4n) is 3.55. The Morgan fingerprint density at radius 2 is 1.54 bits per heavy atom. The highest BCUT2D eigenvalue weighted by Gasteiger charge is 2.28. The molecule has 1 aliphatic heterocycles. The van der Waals surface area contributed by atoms with Crippen LogP contribution in [0.25, 0.3) is 11.1 Å². The number of rotatable bonds is 6. The lowest BCUT2D eigenvalue weighted by Crippen LogP contribution is -2.38. The van der Waals surface area contributed by atoms with Gasteiger partial charge in [-0.05, 0) is 47.2 Å². The lowest BCUT2D eigenvalue weighted by molar-refractivity contribution is -0.142. The van der Waals surface area contributed by atoms with E-state index in [9.17, 15) is 4.79 Å². The molecular weight excluding hydrogens is 348 g/mol. The summed E-state index contributed by atoms with van der Waals surface area (Å²) in [6, 6.07) is 22.7. The fourth-order valence-corrected chi connectivity index (χ4v) is 3.55. The number of aromatic nitrogens is 1. The van der Waals surface area contributed by atoms with E-state index in [1.54, 1.807) is 12.4 Å². The molecule has 1 amide bonds. The molecule has 4 rings (SSSR count). The molecule has 1 aromatic heterocycles. The number of nitrogens with zero attached hydrogens (tertiary/aromatic N) is 2. The molecule has 3 aromatic rings. The molecule has 4 heteroatoms. The van der Waals surface area contributed by atoms with Crippen LogP contribution in [0, 0.1) is 0 Å². The Kier molecular flexibility index (Phi) is 5.78. The van der Waals surface area contributed by atoms with Crippen LogP contribution in [0.15, 0.2) is 79.1 Å². The van der Waals surface area contributed by atoms with Crippen molar-refractivity contribution in [3.8, 4) is 11.1 Å². The Labute approximate surface area is 165 Å². The smallest absolute Gasteiger partial charge is 0.252 e. The summed E-state index contributed by atoms with van der Waals surface area (Å²) in [4.78, 5) is 19.0. The highest BCUT2D eigenvalue weighted by atomic mass is 16.5. The second kappa shape index (κ2) is 8.81. The number of hydrogen-bond donors (Lipinski definition) is 0. The van der Waals surface area contributed by atoms with E-state index in [2.05, 4.69) is 41.4 Å². The largest absolute Gasteiger partial charge is 0.368 e. The number of ether oxygens (including phenoxy) is 1. The fraction of sp³-hybridized carbons (Fsp3) is 0.250. The molecule has 0 aliphatic carbocycles. The van der Waals surface area contributed by atoms with Crippen molar-refractivity contribution >= 4 is 5.91 Å². The van der Waals surface area contributed by atoms with E-state index in [0.29, 0.717) is 19.7 Å². The van der Waals surface area contributed by atoms with E-state index in [-0.39, 0.29) is 12.0 Å². The van der Waals surface area contributed by atoms with Gasteiger partial charge in [-0.2, -0.15) is 0 Å². The van der Waals surface area contributed by atoms with Gasteiger partial charge in [0, 0.05) is 32.1 Å². The molecule has 1 aliphatic rings. The zero-order valence-corrected chi connectivity index (χ0v) is 15.8. The standard InChI is InChI=1S/C24H24N2O2/c27-24(23-7-4-16-28-23)26(18-20-12-14-25-15-13-20)17-19-8-10-22(11-9-19)21-5-2-1-3-6-21/h1-3,5-6,8-15,23H,4,7,16-18H2/t23-/m0/s1. The Morgan fingerprint density at radius 1 is 0.893 bits per heavy atom. The van der Waals surface area contributed by atoms with Crippen LogP contribution in [0.2, 0.25) is 0 Å². The van der Waals surface area contributed by atoms with Crippen LogP contribution in [0.4, 0.5) is 0 Å². The molecule has 0 saturated carbocycles. The lowest BCUT2D eigenvalue weighted by atomic mass is 10.0. The molecule has 4 nitrogen and oxygen atoms in total. The molecule has 142 valence electrons. The SMILES string of the molecule is O=C([C@@H]1CCCO1)N(Cc1ccncc1)Cc1ccc(-c2ccccc2)cc1. The highest BCUT2D eigenvalue weighted by molar-refractivity contribution is 5.81. The molecule has 1 fully saturated rings. The molecule has 0 radical (unpaired) electrons. The first-order chi connectivity index (χ1) is 13.8. The average Bonchev–Trinajstić information content (AvgIpc) is 3.30. The first-order valence-electron chi connectivity index (χ1n) is 9.73. The zero-order chi connectivity index (χ0) is 19.2. The van der Waals surface area contributed by atoms with Gasteiger partial charge in [0.15, 0.2) is 0 Å². The van der Waals surface area contributed by atoms with E-state index in [1.807, 2.05) is 35.2 Å². The van der Waals surface area contributed by atoms with Crippen molar-refractivity contribution in [2.24, 2.45) is 0 Å². The van der Waals surface area contributed by atoms with E-state index in [4.69, 9.17) is 4.74 Å². The molecule has 0 unspecified atom stereocenters. The summed E-state index contributed by atoms with van der Waals surface area (Å²) in [5, 5.41) is 0. The molecule has 1 atom stereocenters. The monoisotopic (exact) mass is 372 g/mol. The Balaban J connectivity index is 1.52. The lowest BCUT2D eigenvalue weighted by Gasteiger charge is -2.25. The first kappa shape index (κ1) is 18.4. The Bertz CT molecular complexity index is 889. The summed E-state index contributed by atoms with van der Waals surface area (Å²) < 4.78 is 5.64. The van der Waals surface area contributed by atoms with Gasteiger partial charge in [0.2, 0.25) is 0 Å². The van der Waals surface area contributed by atoms with Gasteiger partial charge in [0.05, 0.1) is 0 Å². The summed E-state index contributed by atoms with van der Waals surface area (Å²) in [5.74, 6) is 0.0708. The molecule has 1 saturated heterocycles. The number of pyridine rings is 1. The van der Waals surface area contributed by atoms with Crippen LogP contribution < -0.4 is 0 Å². The van der Waals surface area contributed by atoms with Crippen LogP contribution >= 0.6 is 0 Å². The van der Waals surface area contributed by atoms with Crippen LogP contribution in [-0.2, 0) is 22.6 Å². The van der Waals surface area contributed by atoms with Gasteiger partial charge < -0.3 is 9.64 Å². The molecule has 0 N–H and O–H groups in total. The van der Waals surface area contributed by atoms with Crippen molar-refractivity contribution in [2.75, 3.05) is 6.61 Å². The van der Waals surface area contributed by atoms with Gasteiger partial charge in [-0.25, -0.2) is 0 Å². The topological polar surface area (TPSA) is 42.4 Å². The van der Waals surface area contributed by atoms with Gasteiger partial charge in [0.1, 0.15) is 6.10 Å². The van der Waals surface area contributed by atoms with Crippen LogP contribution in [-0.4, -0.2) is 28.5 Å². The van der Waals surface area contributed by atoms with Crippen molar-refractivity contribution in [1.29, 1.82) is 0 Å². The number of carbonyl (C=O) groups excluding carboxylic acids is 1. The quantitative estimate of drug-likeness (QED) is 0.642. The molecular formula is C24H24N2O2. The van der Waals surface area contributed by atoms with E-state index in [0.717, 1.165) is 24.0 Å². The van der Waals surface area contributed by atoms with Gasteiger partial charge >= 0.3 is 0 Å². The van der Waals surface area contributed by atoms with E-state index < -0.39 is 0 Å². The third-order valence-electron chi connectivity index (χ3n) is 5.07. The maximum absolute atomic E-state index is 13.0. The van der Waals surface area contributed by atoms with Crippen molar-refractivity contribution in [2.45, 2.75) is 32.0 Å². The summed E-state index contributed by atoms with van der Waals surface area (Å²) in [6.45, 7) is 1.79. The summed E-state index contributed by atoms with van der Waals surface area (Å²) in [5.41, 5.74) is 4.55. The van der Waals surface area contributed by atoms with E-state index in [1.165, 1.54) is 11.1 Å². The predicted molar refractivity (Wildman–Crippen MR) is 109 cm³/mol. The van der Waals surface area contributed by atoms with Crippen LogP contribution in [0.3, 0.4) is 0 Å². The highest BCUT2D eigenvalue weighted by Crippen LogP contribution is 2.22. The summed E-state index contributed by atoms with van der Waals surface area (Å²) >= 11 is 0. The number of benzene rings is 2. The minimum Gasteiger partial charge on any atom is -0.368 e.